The third-order valence-corrected chi connectivity index (χ3v) is 2.20. The van der Waals surface area contributed by atoms with Crippen molar-refractivity contribution in [3.63, 3.8) is 0 Å². The highest BCUT2D eigenvalue weighted by Gasteiger charge is 2.22. The molecule has 0 atom stereocenters. The highest BCUT2D eigenvalue weighted by Crippen LogP contribution is 2.17. The van der Waals surface area contributed by atoms with E-state index in [0.717, 1.165) is 5.56 Å². The van der Waals surface area contributed by atoms with Crippen LogP contribution < -0.4 is 11.1 Å². The number of aryl methyl sites for hydroxylation is 1. The number of nitrogens with two attached hydrogens (primary N) is 1. The van der Waals surface area contributed by atoms with Gasteiger partial charge in [-0.2, -0.15) is 5.26 Å². The molecular weight excluding hydrogens is 202 g/mol. The molecule has 0 aliphatic rings. The Hall–Kier alpha value is -1.86. The molecule has 3 N–H and O–H groups in total. The number of anilines is 1. The topological polar surface area (TPSA) is 78.9 Å². The second-order valence-electron chi connectivity index (χ2n) is 4.32. The largest absolute Gasteiger partial charge is 0.324 e. The van der Waals surface area contributed by atoms with Crippen LogP contribution in [0.2, 0.25) is 0 Å². The Kier molecular flexibility index (Phi) is 3.31. The molecule has 84 valence electrons. The fourth-order valence-electron chi connectivity index (χ4n) is 1.11. The monoisotopic (exact) mass is 217 g/mol. The Morgan fingerprint density at radius 1 is 1.50 bits per heavy atom. The molecule has 4 heteroatoms. The van der Waals surface area contributed by atoms with Crippen molar-refractivity contribution in [2.45, 2.75) is 26.3 Å². The van der Waals surface area contributed by atoms with Crippen molar-refractivity contribution in [2.24, 2.45) is 5.73 Å². The Labute approximate surface area is 95.1 Å². The molecule has 0 spiro atoms. The van der Waals surface area contributed by atoms with E-state index in [1.165, 1.54) is 0 Å². The first kappa shape index (κ1) is 12.2. The summed E-state index contributed by atoms with van der Waals surface area (Å²) in [5, 5.41) is 11.5. The van der Waals surface area contributed by atoms with Crippen molar-refractivity contribution in [3.8, 4) is 6.07 Å². The predicted octanol–water partition coefficient (Wildman–Crippen LogP) is 1.54. The number of carbonyl (C=O) groups excluding carboxylic acids is 1. The van der Waals surface area contributed by atoms with Gasteiger partial charge in [0.2, 0.25) is 5.91 Å². The van der Waals surface area contributed by atoms with E-state index >= 15 is 0 Å². The maximum absolute atomic E-state index is 11.7. The summed E-state index contributed by atoms with van der Waals surface area (Å²) in [7, 11) is 0. The number of carbonyl (C=O) groups is 1. The van der Waals surface area contributed by atoms with Gasteiger partial charge in [-0.3, -0.25) is 4.79 Å². The van der Waals surface area contributed by atoms with E-state index in [4.69, 9.17) is 11.0 Å². The molecule has 0 aliphatic heterocycles. The Balaban J connectivity index is 2.98. The average molecular weight is 217 g/mol. The van der Waals surface area contributed by atoms with Crippen LogP contribution in [-0.2, 0) is 4.79 Å². The smallest absolute Gasteiger partial charge is 0.243 e. The van der Waals surface area contributed by atoms with Gasteiger partial charge in [-0.05, 0) is 38.5 Å². The third kappa shape index (κ3) is 2.81. The Morgan fingerprint density at radius 2 is 2.12 bits per heavy atom. The quantitative estimate of drug-likeness (QED) is 0.788. The molecule has 0 fully saturated rings. The van der Waals surface area contributed by atoms with E-state index in [0.29, 0.717) is 11.3 Å². The molecular formula is C12H15N3O. The summed E-state index contributed by atoms with van der Waals surface area (Å²) < 4.78 is 0. The van der Waals surface area contributed by atoms with Crippen molar-refractivity contribution in [1.82, 2.24) is 0 Å². The third-order valence-electron chi connectivity index (χ3n) is 2.20. The van der Waals surface area contributed by atoms with Gasteiger partial charge < -0.3 is 11.1 Å². The zero-order valence-electron chi connectivity index (χ0n) is 9.66. The fourth-order valence-corrected chi connectivity index (χ4v) is 1.11. The van der Waals surface area contributed by atoms with Crippen LogP contribution >= 0.6 is 0 Å². The number of nitrogens with one attached hydrogen (secondary N) is 1. The minimum Gasteiger partial charge on any atom is -0.324 e. The second-order valence-corrected chi connectivity index (χ2v) is 4.32. The van der Waals surface area contributed by atoms with Gasteiger partial charge in [-0.15, -0.1) is 0 Å². The summed E-state index contributed by atoms with van der Waals surface area (Å²) in [5.41, 5.74) is 6.77. The minimum atomic E-state index is -0.935. The van der Waals surface area contributed by atoms with Gasteiger partial charge in [0.1, 0.15) is 0 Å². The molecule has 1 aromatic rings. The van der Waals surface area contributed by atoms with Gasteiger partial charge >= 0.3 is 0 Å². The zero-order valence-corrected chi connectivity index (χ0v) is 9.66. The predicted molar refractivity (Wildman–Crippen MR) is 62.8 cm³/mol. The van der Waals surface area contributed by atoms with E-state index in [1.807, 2.05) is 13.0 Å². The Bertz CT molecular complexity index is 452. The molecule has 16 heavy (non-hydrogen) atoms. The Morgan fingerprint density at radius 3 is 2.62 bits per heavy atom. The molecule has 1 rings (SSSR count). The lowest BCUT2D eigenvalue weighted by atomic mass is 10.1. The van der Waals surface area contributed by atoms with Crippen LogP contribution in [0.1, 0.15) is 25.0 Å². The van der Waals surface area contributed by atoms with E-state index in [1.54, 1.807) is 32.0 Å². The summed E-state index contributed by atoms with van der Waals surface area (Å²) >= 11 is 0. The minimum absolute atomic E-state index is 0.273. The van der Waals surface area contributed by atoms with E-state index < -0.39 is 5.54 Å². The van der Waals surface area contributed by atoms with Gasteiger partial charge in [0.25, 0.3) is 0 Å². The van der Waals surface area contributed by atoms with E-state index in [-0.39, 0.29) is 5.91 Å². The van der Waals surface area contributed by atoms with Crippen LogP contribution in [0.5, 0.6) is 0 Å². The van der Waals surface area contributed by atoms with Gasteiger partial charge in [-0.25, -0.2) is 0 Å². The SMILES string of the molecule is Cc1ccc(C#N)cc1NC(=O)C(C)(C)N. The van der Waals surface area contributed by atoms with Crippen molar-refractivity contribution in [2.75, 3.05) is 5.32 Å². The lowest BCUT2D eigenvalue weighted by molar-refractivity contribution is -0.120. The van der Waals surface area contributed by atoms with E-state index in [9.17, 15) is 4.79 Å². The van der Waals surface area contributed by atoms with Crippen molar-refractivity contribution < 1.29 is 4.79 Å². The fraction of sp³-hybridized carbons (Fsp3) is 0.333. The molecule has 1 amide bonds. The average Bonchev–Trinajstić information content (AvgIpc) is 2.19. The first-order valence-electron chi connectivity index (χ1n) is 4.95. The molecule has 0 aromatic heterocycles. The summed E-state index contributed by atoms with van der Waals surface area (Å²) in [6.07, 6.45) is 0. The highest BCUT2D eigenvalue weighted by molar-refractivity contribution is 5.97. The van der Waals surface area contributed by atoms with Crippen LogP contribution in [0, 0.1) is 18.3 Å². The van der Waals surface area contributed by atoms with Gasteiger partial charge in [-0.1, -0.05) is 6.07 Å². The number of amides is 1. The summed E-state index contributed by atoms with van der Waals surface area (Å²) in [6.45, 7) is 5.12. The van der Waals surface area contributed by atoms with Crippen LogP contribution in [0.15, 0.2) is 18.2 Å². The molecule has 0 saturated carbocycles. The molecule has 0 heterocycles. The van der Waals surface area contributed by atoms with Crippen LogP contribution in [0.25, 0.3) is 0 Å². The van der Waals surface area contributed by atoms with Crippen molar-refractivity contribution in [1.29, 1.82) is 5.26 Å². The van der Waals surface area contributed by atoms with Crippen LogP contribution in [-0.4, -0.2) is 11.4 Å². The van der Waals surface area contributed by atoms with E-state index in [2.05, 4.69) is 5.32 Å². The van der Waals surface area contributed by atoms with Crippen molar-refractivity contribution in [3.05, 3.63) is 29.3 Å². The van der Waals surface area contributed by atoms with Gasteiger partial charge in [0, 0.05) is 5.69 Å². The standard InChI is InChI=1S/C12H15N3O/c1-8-4-5-9(7-13)6-10(8)15-11(16)12(2,3)14/h4-6H,14H2,1-3H3,(H,15,16). The second kappa shape index (κ2) is 4.33. The molecule has 0 unspecified atom stereocenters. The summed E-state index contributed by atoms with van der Waals surface area (Å²) in [5.74, 6) is -0.273. The lowest BCUT2D eigenvalue weighted by Gasteiger charge is -2.18. The van der Waals surface area contributed by atoms with Crippen LogP contribution in [0.3, 0.4) is 0 Å². The maximum Gasteiger partial charge on any atom is 0.243 e. The maximum atomic E-state index is 11.7. The lowest BCUT2D eigenvalue weighted by Crippen LogP contribution is -2.45. The number of hydrogen-bond donors (Lipinski definition) is 2. The zero-order chi connectivity index (χ0) is 12.3. The van der Waals surface area contributed by atoms with Gasteiger partial charge in [0.05, 0.1) is 17.2 Å². The number of nitrogens with zero attached hydrogens (tertiary/aromatic N) is 1. The molecule has 0 radical (unpaired) electrons. The highest BCUT2D eigenvalue weighted by atomic mass is 16.2. The first-order valence-corrected chi connectivity index (χ1v) is 4.95. The number of rotatable bonds is 2. The first-order chi connectivity index (χ1) is 7.34. The molecule has 0 saturated heterocycles. The summed E-state index contributed by atoms with van der Waals surface area (Å²) in [6, 6.07) is 7.16. The summed E-state index contributed by atoms with van der Waals surface area (Å²) in [4.78, 5) is 11.7. The van der Waals surface area contributed by atoms with Crippen LogP contribution in [0.4, 0.5) is 5.69 Å². The number of benzene rings is 1. The van der Waals surface area contributed by atoms with Crippen molar-refractivity contribution >= 4 is 11.6 Å². The molecule has 0 aliphatic carbocycles. The molecule has 1 aromatic carbocycles. The number of hydrogen-bond acceptors (Lipinski definition) is 3. The molecule has 0 bridgehead atoms. The van der Waals surface area contributed by atoms with Gasteiger partial charge in [0.15, 0.2) is 0 Å². The normalized spacial score (nSPS) is 10.7. The number of nitriles is 1. The molecule has 4 nitrogen and oxygen atoms in total.